The molecule has 54 valence electrons. The zero-order valence-corrected chi connectivity index (χ0v) is 6.31. The second kappa shape index (κ2) is 5.56. The van der Waals surface area contributed by atoms with Crippen molar-refractivity contribution in [2.45, 2.75) is 13.8 Å². The number of hydrazine groups is 1. The third kappa shape index (κ3) is 7.43. The molecule has 0 bridgehead atoms. The molecule has 0 aromatic carbocycles. The van der Waals surface area contributed by atoms with E-state index in [-0.39, 0.29) is 0 Å². The third-order valence-corrected chi connectivity index (χ3v) is 0.806. The molecule has 0 amide bonds. The van der Waals surface area contributed by atoms with Crippen LogP contribution in [0.2, 0.25) is 0 Å². The summed E-state index contributed by atoms with van der Waals surface area (Å²) in [6.07, 6.45) is 1.63. The molecule has 0 saturated carbocycles. The van der Waals surface area contributed by atoms with Gasteiger partial charge in [0.2, 0.25) is 0 Å². The van der Waals surface area contributed by atoms with Crippen molar-refractivity contribution >= 4 is 6.34 Å². The van der Waals surface area contributed by atoms with Gasteiger partial charge in [-0.05, 0) is 5.92 Å². The van der Waals surface area contributed by atoms with Crippen LogP contribution in [-0.2, 0) is 0 Å². The van der Waals surface area contributed by atoms with Crippen LogP contribution in [0.15, 0.2) is 4.99 Å². The number of hydrogen-bond acceptors (Lipinski definition) is 2. The first-order valence-electron chi connectivity index (χ1n) is 3.16. The molecule has 0 aromatic rings. The summed E-state index contributed by atoms with van der Waals surface area (Å²) in [6.45, 7) is 5.27. The van der Waals surface area contributed by atoms with Crippen LogP contribution >= 0.6 is 0 Å². The fourth-order valence-corrected chi connectivity index (χ4v) is 0.373. The van der Waals surface area contributed by atoms with E-state index in [2.05, 4.69) is 29.7 Å². The highest BCUT2D eigenvalue weighted by Crippen LogP contribution is 1.84. The molecular weight excluding hydrogens is 114 g/mol. The number of rotatable bonds is 4. The molecule has 0 unspecified atom stereocenters. The van der Waals surface area contributed by atoms with E-state index in [1.807, 2.05) is 0 Å². The summed E-state index contributed by atoms with van der Waals surface area (Å²) in [5.74, 6) is 0.669. The number of nitrogens with one attached hydrogen (secondary N) is 2. The monoisotopic (exact) mass is 129 g/mol. The first-order chi connectivity index (χ1) is 4.27. The standard InChI is InChI=1S/C6H15N3/c1-6(2)4-8-9-5-7-3/h5-6,8H,4H2,1-3H3,(H,7,9). The minimum absolute atomic E-state index is 0.669. The molecule has 0 aromatic heterocycles. The van der Waals surface area contributed by atoms with Gasteiger partial charge in [-0.15, -0.1) is 0 Å². The zero-order valence-electron chi connectivity index (χ0n) is 6.31. The third-order valence-electron chi connectivity index (χ3n) is 0.806. The van der Waals surface area contributed by atoms with Gasteiger partial charge >= 0.3 is 0 Å². The Kier molecular flexibility index (Phi) is 5.21. The normalized spacial score (nSPS) is 11.1. The van der Waals surface area contributed by atoms with E-state index in [1.54, 1.807) is 13.4 Å². The summed E-state index contributed by atoms with van der Waals surface area (Å²) in [5.41, 5.74) is 5.81. The van der Waals surface area contributed by atoms with Crippen molar-refractivity contribution in [3.05, 3.63) is 0 Å². The quantitative estimate of drug-likeness (QED) is 0.249. The average Bonchev–Trinajstić information content (AvgIpc) is 1.80. The molecule has 2 N–H and O–H groups in total. The van der Waals surface area contributed by atoms with Crippen molar-refractivity contribution in [2.75, 3.05) is 13.6 Å². The van der Waals surface area contributed by atoms with Crippen LogP contribution in [0.3, 0.4) is 0 Å². The molecular formula is C6H15N3. The lowest BCUT2D eigenvalue weighted by Gasteiger charge is -2.04. The van der Waals surface area contributed by atoms with Gasteiger partial charge in [0.1, 0.15) is 0 Å². The summed E-state index contributed by atoms with van der Waals surface area (Å²) < 4.78 is 0. The van der Waals surface area contributed by atoms with Crippen LogP contribution in [0.1, 0.15) is 13.8 Å². The molecule has 0 saturated heterocycles. The van der Waals surface area contributed by atoms with Crippen LogP contribution in [0.5, 0.6) is 0 Å². The molecule has 0 radical (unpaired) electrons. The molecule has 9 heavy (non-hydrogen) atoms. The summed E-state index contributed by atoms with van der Waals surface area (Å²) in [7, 11) is 1.73. The Hall–Kier alpha value is -0.570. The molecule has 0 heterocycles. The van der Waals surface area contributed by atoms with Gasteiger partial charge in [-0.3, -0.25) is 4.99 Å². The summed E-state index contributed by atoms with van der Waals surface area (Å²) in [4.78, 5) is 3.73. The second-order valence-corrected chi connectivity index (χ2v) is 2.31. The first kappa shape index (κ1) is 8.43. The molecule has 3 nitrogen and oxygen atoms in total. The Balaban J connectivity index is 2.91. The zero-order chi connectivity index (χ0) is 7.11. The Bertz CT molecular complexity index is 78.4. The SMILES string of the molecule is CN=CNNCC(C)C. The van der Waals surface area contributed by atoms with Crippen LogP contribution in [0, 0.1) is 5.92 Å². The number of hydrogen-bond donors (Lipinski definition) is 2. The Morgan fingerprint density at radius 2 is 2.22 bits per heavy atom. The molecule has 0 rings (SSSR count). The van der Waals surface area contributed by atoms with Crippen molar-refractivity contribution in [1.82, 2.24) is 10.9 Å². The predicted octanol–water partition coefficient (Wildman–Crippen LogP) is 0.395. The molecule has 0 spiro atoms. The van der Waals surface area contributed by atoms with Crippen molar-refractivity contribution < 1.29 is 0 Å². The fraction of sp³-hybridized carbons (Fsp3) is 0.833. The van der Waals surface area contributed by atoms with Crippen LogP contribution < -0.4 is 10.9 Å². The van der Waals surface area contributed by atoms with Gasteiger partial charge in [0, 0.05) is 13.6 Å². The first-order valence-corrected chi connectivity index (χ1v) is 3.16. The number of aliphatic imine (C=N–C) groups is 1. The average molecular weight is 129 g/mol. The summed E-state index contributed by atoms with van der Waals surface area (Å²) >= 11 is 0. The second-order valence-electron chi connectivity index (χ2n) is 2.31. The van der Waals surface area contributed by atoms with Crippen LogP contribution in [0.4, 0.5) is 0 Å². The van der Waals surface area contributed by atoms with E-state index in [0.717, 1.165) is 6.54 Å². The Morgan fingerprint density at radius 3 is 2.67 bits per heavy atom. The van der Waals surface area contributed by atoms with Crippen molar-refractivity contribution in [3.8, 4) is 0 Å². The lowest BCUT2D eigenvalue weighted by atomic mass is 10.2. The smallest absolute Gasteiger partial charge is 0.0962 e. The minimum Gasteiger partial charge on any atom is -0.312 e. The number of nitrogens with zero attached hydrogens (tertiary/aromatic N) is 1. The van der Waals surface area contributed by atoms with Gasteiger partial charge in [-0.25, -0.2) is 5.43 Å². The van der Waals surface area contributed by atoms with Gasteiger partial charge in [0.15, 0.2) is 0 Å². The van der Waals surface area contributed by atoms with Gasteiger partial charge in [-0.1, -0.05) is 13.8 Å². The van der Waals surface area contributed by atoms with E-state index in [4.69, 9.17) is 0 Å². The molecule has 3 heteroatoms. The highest BCUT2D eigenvalue weighted by atomic mass is 15.4. The summed E-state index contributed by atoms with van der Waals surface area (Å²) in [5, 5.41) is 0. The van der Waals surface area contributed by atoms with E-state index in [0.29, 0.717) is 5.92 Å². The predicted molar refractivity (Wildman–Crippen MR) is 40.4 cm³/mol. The minimum atomic E-state index is 0.669. The van der Waals surface area contributed by atoms with E-state index in [1.165, 1.54) is 0 Å². The molecule has 0 atom stereocenters. The largest absolute Gasteiger partial charge is 0.312 e. The molecule has 0 aliphatic carbocycles. The highest BCUT2D eigenvalue weighted by Gasteiger charge is 1.87. The van der Waals surface area contributed by atoms with Crippen molar-refractivity contribution in [3.63, 3.8) is 0 Å². The molecule has 0 aliphatic rings. The van der Waals surface area contributed by atoms with Crippen molar-refractivity contribution in [1.29, 1.82) is 0 Å². The van der Waals surface area contributed by atoms with Gasteiger partial charge in [-0.2, -0.15) is 0 Å². The van der Waals surface area contributed by atoms with Gasteiger partial charge in [0.05, 0.1) is 6.34 Å². The van der Waals surface area contributed by atoms with Gasteiger partial charge < -0.3 is 5.43 Å². The topological polar surface area (TPSA) is 36.4 Å². The maximum absolute atomic E-state index is 3.73. The van der Waals surface area contributed by atoms with Crippen molar-refractivity contribution in [2.24, 2.45) is 10.9 Å². The van der Waals surface area contributed by atoms with E-state index in [9.17, 15) is 0 Å². The lowest BCUT2D eigenvalue weighted by molar-refractivity contribution is 0.536. The lowest BCUT2D eigenvalue weighted by Crippen LogP contribution is -2.33. The maximum atomic E-state index is 3.73. The Labute approximate surface area is 56.5 Å². The van der Waals surface area contributed by atoms with Gasteiger partial charge in [0.25, 0.3) is 0 Å². The fourth-order valence-electron chi connectivity index (χ4n) is 0.373. The molecule has 0 fully saturated rings. The maximum Gasteiger partial charge on any atom is 0.0962 e. The van der Waals surface area contributed by atoms with E-state index < -0.39 is 0 Å². The Morgan fingerprint density at radius 1 is 1.56 bits per heavy atom. The van der Waals surface area contributed by atoms with Crippen LogP contribution in [0.25, 0.3) is 0 Å². The van der Waals surface area contributed by atoms with E-state index >= 15 is 0 Å². The molecule has 0 aliphatic heterocycles. The highest BCUT2D eigenvalue weighted by molar-refractivity contribution is 5.52. The summed E-state index contributed by atoms with van der Waals surface area (Å²) in [6, 6.07) is 0. The van der Waals surface area contributed by atoms with Crippen LogP contribution in [-0.4, -0.2) is 19.9 Å².